The fourth-order valence-corrected chi connectivity index (χ4v) is 1.75. The number of carbonyl (C=O) groups is 2. The Labute approximate surface area is 109 Å². The second-order valence-electron chi connectivity index (χ2n) is 4.50. The molecule has 0 saturated heterocycles. The van der Waals surface area contributed by atoms with Crippen molar-refractivity contribution in [2.75, 3.05) is 5.32 Å². The van der Waals surface area contributed by atoms with Crippen molar-refractivity contribution in [2.24, 2.45) is 0 Å². The van der Waals surface area contributed by atoms with Gasteiger partial charge in [-0.2, -0.15) is 0 Å². The third-order valence-electron chi connectivity index (χ3n) is 2.81. The van der Waals surface area contributed by atoms with E-state index in [0.717, 1.165) is 12.8 Å². The molecule has 0 radical (unpaired) electrons. The minimum atomic E-state index is 0.00837. The van der Waals surface area contributed by atoms with E-state index < -0.39 is 0 Å². The third-order valence-corrected chi connectivity index (χ3v) is 2.81. The molecule has 3 heteroatoms. The Morgan fingerprint density at radius 1 is 1.17 bits per heavy atom. The molecule has 1 amide bonds. The molecule has 3 nitrogen and oxygen atoms in total. The molecule has 1 N–H and O–H groups in total. The van der Waals surface area contributed by atoms with Gasteiger partial charge in [-0.3, -0.25) is 9.59 Å². The first-order valence-corrected chi connectivity index (χ1v) is 6.54. The van der Waals surface area contributed by atoms with Gasteiger partial charge in [0, 0.05) is 17.7 Å². The van der Waals surface area contributed by atoms with E-state index in [1.54, 1.807) is 24.3 Å². The van der Waals surface area contributed by atoms with Crippen LogP contribution in [0.25, 0.3) is 0 Å². The number of hydrogen-bond acceptors (Lipinski definition) is 2. The maximum atomic E-state index is 11.7. The van der Waals surface area contributed by atoms with Crippen molar-refractivity contribution in [3.63, 3.8) is 0 Å². The van der Waals surface area contributed by atoms with Crippen molar-refractivity contribution >= 4 is 17.4 Å². The highest BCUT2D eigenvalue weighted by molar-refractivity contribution is 5.97. The summed E-state index contributed by atoms with van der Waals surface area (Å²) in [5, 5.41) is 2.82. The molecular weight excluding hydrogens is 226 g/mol. The summed E-state index contributed by atoms with van der Waals surface area (Å²) in [5.41, 5.74) is 1.32. The number of Topliss-reactive ketones (excluding diaryl/α,β-unsaturated/α-hetero) is 1. The van der Waals surface area contributed by atoms with Crippen molar-refractivity contribution in [1.29, 1.82) is 0 Å². The van der Waals surface area contributed by atoms with Crippen LogP contribution >= 0.6 is 0 Å². The summed E-state index contributed by atoms with van der Waals surface area (Å²) in [5.74, 6) is 0.0286. The molecule has 0 spiro atoms. The summed E-state index contributed by atoms with van der Waals surface area (Å²) in [4.78, 5) is 22.9. The molecule has 0 aliphatic carbocycles. The zero-order chi connectivity index (χ0) is 13.4. The fraction of sp³-hybridized carbons (Fsp3) is 0.467. The molecule has 0 bridgehead atoms. The van der Waals surface area contributed by atoms with Gasteiger partial charge in [0.1, 0.15) is 0 Å². The fourth-order valence-electron chi connectivity index (χ4n) is 1.75. The van der Waals surface area contributed by atoms with Gasteiger partial charge in [0.05, 0.1) is 0 Å². The molecule has 0 unspecified atom stereocenters. The maximum Gasteiger partial charge on any atom is 0.224 e. The van der Waals surface area contributed by atoms with E-state index in [0.29, 0.717) is 17.7 Å². The molecule has 98 valence electrons. The van der Waals surface area contributed by atoms with Gasteiger partial charge in [0.25, 0.3) is 0 Å². The molecule has 0 fully saturated rings. The van der Waals surface area contributed by atoms with Crippen molar-refractivity contribution in [3.05, 3.63) is 29.8 Å². The number of amides is 1. The lowest BCUT2D eigenvalue weighted by Crippen LogP contribution is -2.11. The molecule has 0 atom stereocenters. The quantitative estimate of drug-likeness (QED) is 0.588. The van der Waals surface area contributed by atoms with E-state index in [1.807, 2.05) is 0 Å². The predicted octanol–water partition coefficient (Wildman–Crippen LogP) is 3.80. The van der Waals surface area contributed by atoms with Gasteiger partial charge in [-0.1, -0.05) is 38.3 Å². The van der Waals surface area contributed by atoms with Crippen molar-refractivity contribution in [1.82, 2.24) is 0 Å². The standard InChI is InChI=1S/C15H21NO2/c1-3-4-5-6-10-15(18)16-14-9-7-8-13(11-14)12(2)17/h7-9,11H,3-6,10H2,1-2H3,(H,16,18). The molecule has 1 rings (SSSR count). The summed E-state index contributed by atoms with van der Waals surface area (Å²) in [6, 6.07) is 7.05. The van der Waals surface area contributed by atoms with Gasteiger partial charge >= 0.3 is 0 Å². The lowest BCUT2D eigenvalue weighted by atomic mass is 10.1. The van der Waals surface area contributed by atoms with Crippen molar-refractivity contribution in [2.45, 2.75) is 46.0 Å². The first-order valence-electron chi connectivity index (χ1n) is 6.54. The summed E-state index contributed by atoms with van der Waals surface area (Å²) in [6.45, 7) is 3.67. The smallest absolute Gasteiger partial charge is 0.224 e. The van der Waals surface area contributed by atoms with Gasteiger partial charge < -0.3 is 5.32 Å². The van der Waals surface area contributed by atoms with Gasteiger partial charge in [0.2, 0.25) is 5.91 Å². The highest BCUT2D eigenvalue weighted by Gasteiger charge is 2.04. The normalized spacial score (nSPS) is 10.1. The number of unbranched alkanes of at least 4 members (excludes halogenated alkanes) is 3. The lowest BCUT2D eigenvalue weighted by molar-refractivity contribution is -0.116. The zero-order valence-corrected chi connectivity index (χ0v) is 11.2. The number of anilines is 1. The van der Waals surface area contributed by atoms with Crippen LogP contribution in [0.4, 0.5) is 5.69 Å². The minimum absolute atomic E-state index is 0.00837. The Morgan fingerprint density at radius 3 is 2.61 bits per heavy atom. The third kappa shape index (κ3) is 5.13. The van der Waals surface area contributed by atoms with E-state index in [-0.39, 0.29) is 11.7 Å². The molecule has 18 heavy (non-hydrogen) atoms. The van der Waals surface area contributed by atoms with Crippen LogP contribution in [-0.4, -0.2) is 11.7 Å². The second-order valence-corrected chi connectivity index (χ2v) is 4.50. The number of benzene rings is 1. The van der Waals surface area contributed by atoms with E-state index in [4.69, 9.17) is 0 Å². The Hall–Kier alpha value is -1.64. The predicted molar refractivity (Wildman–Crippen MR) is 73.8 cm³/mol. The van der Waals surface area contributed by atoms with Crippen molar-refractivity contribution in [3.8, 4) is 0 Å². The Morgan fingerprint density at radius 2 is 1.94 bits per heavy atom. The average Bonchev–Trinajstić information content (AvgIpc) is 2.35. The van der Waals surface area contributed by atoms with Crippen LogP contribution in [0, 0.1) is 0 Å². The van der Waals surface area contributed by atoms with Crippen LogP contribution < -0.4 is 5.32 Å². The first-order chi connectivity index (χ1) is 8.63. The molecule has 1 aromatic carbocycles. The summed E-state index contributed by atoms with van der Waals surface area (Å²) >= 11 is 0. The number of nitrogens with one attached hydrogen (secondary N) is 1. The molecule has 1 aromatic rings. The molecule has 0 aliphatic rings. The molecule has 0 heterocycles. The van der Waals surface area contributed by atoms with E-state index in [2.05, 4.69) is 12.2 Å². The number of carbonyl (C=O) groups excluding carboxylic acids is 2. The number of ketones is 1. The Balaban J connectivity index is 2.44. The van der Waals surface area contributed by atoms with Crippen molar-refractivity contribution < 1.29 is 9.59 Å². The zero-order valence-electron chi connectivity index (χ0n) is 11.2. The monoisotopic (exact) mass is 247 g/mol. The van der Waals surface area contributed by atoms with Crippen LogP contribution in [0.2, 0.25) is 0 Å². The SMILES string of the molecule is CCCCCCC(=O)Nc1cccc(C(C)=O)c1. The topological polar surface area (TPSA) is 46.2 Å². The second kappa shape index (κ2) is 7.64. The van der Waals surface area contributed by atoms with Gasteiger partial charge in [-0.05, 0) is 25.5 Å². The summed E-state index contributed by atoms with van der Waals surface area (Å²) < 4.78 is 0. The van der Waals surface area contributed by atoms with Crippen LogP contribution in [0.5, 0.6) is 0 Å². The number of hydrogen-bond donors (Lipinski definition) is 1. The molecular formula is C15H21NO2. The summed E-state index contributed by atoms with van der Waals surface area (Å²) in [6.07, 6.45) is 4.91. The molecule has 0 aliphatic heterocycles. The molecule has 0 aromatic heterocycles. The van der Waals surface area contributed by atoms with Crippen LogP contribution in [-0.2, 0) is 4.79 Å². The number of rotatable bonds is 7. The van der Waals surface area contributed by atoms with Crippen LogP contribution in [0.3, 0.4) is 0 Å². The van der Waals surface area contributed by atoms with E-state index in [9.17, 15) is 9.59 Å². The van der Waals surface area contributed by atoms with Crippen LogP contribution in [0.1, 0.15) is 56.3 Å². The maximum absolute atomic E-state index is 11.7. The lowest BCUT2D eigenvalue weighted by Gasteiger charge is -2.06. The van der Waals surface area contributed by atoms with E-state index >= 15 is 0 Å². The van der Waals surface area contributed by atoms with Gasteiger partial charge in [-0.25, -0.2) is 0 Å². The van der Waals surface area contributed by atoms with E-state index in [1.165, 1.54) is 19.8 Å². The highest BCUT2D eigenvalue weighted by Crippen LogP contribution is 2.12. The van der Waals surface area contributed by atoms with Gasteiger partial charge in [0.15, 0.2) is 5.78 Å². The molecule has 0 saturated carbocycles. The summed E-state index contributed by atoms with van der Waals surface area (Å²) in [7, 11) is 0. The Kier molecular flexibility index (Phi) is 6.12. The first kappa shape index (κ1) is 14.4. The van der Waals surface area contributed by atoms with Crippen LogP contribution in [0.15, 0.2) is 24.3 Å². The highest BCUT2D eigenvalue weighted by atomic mass is 16.1. The average molecular weight is 247 g/mol. The van der Waals surface area contributed by atoms with Gasteiger partial charge in [-0.15, -0.1) is 0 Å². The largest absolute Gasteiger partial charge is 0.326 e. The Bertz CT molecular complexity index is 413. The minimum Gasteiger partial charge on any atom is -0.326 e.